The van der Waals surface area contributed by atoms with E-state index in [1.807, 2.05) is 12.2 Å². The van der Waals surface area contributed by atoms with E-state index in [4.69, 9.17) is 9.31 Å². The van der Waals surface area contributed by atoms with E-state index in [2.05, 4.69) is 13.0 Å². The predicted molar refractivity (Wildman–Crippen MR) is 77.8 cm³/mol. The summed E-state index contributed by atoms with van der Waals surface area (Å²) in [5.41, 5.74) is 0. The SMILES string of the molecule is CCC/C=C/C=C/C=C/B1OC(=O)CN(C)CC(=O)O1. The molecule has 6 heteroatoms. The first-order valence-corrected chi connectivity index (χ1v) is 6.69. The molecule has 0 aromatic heterocycles. The van der Waals surface area contributed by atoms with Crippen LogP contribution in [0.5, 0.6) is 0 Å². The standard InChI is InChI=1S/C14H20BNO4/c1-3-4-5-6-7-8-9-10-15-19-13(17)11-16(2)12-14(18)20-15/h5-10H,3-4,11-12H2,1-2H3/b6-5+,8-7+,10-9+. The third-order valence-electron chi connectivity index (χ3n) is 2.49. The van der Waals surface area contributed by atoms with Gasteiger partial charge in [-0.3, -0.25) is 14.5 Å². The number of rotatable bonds is 5. The molecule has 0 unspecified atom stereocenters. The normalized spacial score (nSPS) is 18.6. The molecule has 1 heterocycles. The highest BCUT2D eigenvalue weighted by Crippen LogP contribution is 2.01. The lowest BCUT2D eigenvalue weighted by Crippen LogP contribution is -2.41. The van der Waals surface area contributed by atoms with Crippen molar-refractivity contribution in [1.29, 1.82) is 0 Å². The lowest BCUT2D eigenvalue weighted by molar-refractivity contribution is -0.145. The minimum atomic E-state index is -0.951. The first kappa shape index (κ1) is 16.2. The van der Waals surface area contributed by atoms with Crippen molar-refractivity contribution in [2.75, 3.05) is 20.1 Å². The summed E-state index contributed by atoms with van der Waals surface area (Å²) in [7, 11) is 0.706. The second kappa shape index (κ2) is 9.15. The van der Waals surface area contributed by atoms with E-state index in [1.54, 1.807) is 24.1 Å². The molecule has 1 rings (SSSR count). The van der Waals surface area contributed by atoms with Crippen LogP contribution >= 0.6 is 0 Å². The Balaban J connectivity index is 2.48. The fourth-order valence-electron chi connectivity index (χ4n) is 1.56. The Morgan fingerprint density at radius 1 is 1.10 bits per heavy atom. The van der Waals surface area contributed by atoms with Gasteiger partial charge in [-0.1, -0.05) is 43.7 Å². The molecule has 108 valence electrons. The number of allylic oxidation sites excluding steroid dienone is 5. The van der Waals surface area contributed by atoms with Crippen LogP contribution in [0.4, 0.5) is 0 Å². The van der Waals surface area contributed by atoms with Crippen molar-refractivity contribution >= 4 is 19.1 Å². The number of nitrogens with zero attached hydrogens (tertiary/aromatic N) is 1. The van der Waals surface area contributed by atoms with Crippen LogP contribution in [-0.4, -0.2) is 44.1 Å². The minimum Gasteiger partial charge on any atom is -0.495 e. The van der Waals surface area contributed by atoms with Gasteiger partial charge in [0.1, 0.15) is 0 Å². The monoisotopic (exact) mass is 277 g/mol. The molecule has 1 fully saturated rings. The number of carbonyl (C=O) groups excluding carboxylic acids is 2. The molecule has 0 saturated carbocycles. The zero-order chi connectivity index (χ0) is 14.8. The van der Waals surface area contributed by atoms with Crippen LogP contribution in [0.3, 0.4) is 0 Å². The largest absolute Gasteiger partial charge is 0.628 e. The van der Waals surface area contributed by atoms with E-state index < -0.39 is 19.1 Å². The maximum absolute atomic E-state index is 11.5. The van der Waals surface area contributed by atoms with Gasteiger partial charge < -0.3 is 9.31 Å². The van der Waals surface area contributed by atoms with E-state index in [1.165, 1.54) is 5.98 Å². The van der Waals surface area contributed by atoms with Crippen molar-refractivity contribution in [3.8, 4) is 0 Å². The number of unbranched alkanes of at least 4 members (excludes halogenated alkanes) is 1. The Hall–Kier alpha value is -1.82. The van der Waals surface area contributed by atoms with Crippen molar-refractivity contribution in [2.45, 2.75) is 19.8 Å². The van der Waals surface area contributed by atoms with Crippen molar-refractivity contribution in [2.24, 2.45) is 0 Å². The number of carbonyl (C=O) groups is 2. The van der Waals surface area contributed by atoms with Crippen LogP contribution in [0, 0.1) is 0 Å². The lowest BCUT2D eigenvalue weighted by atomic mass is 9.89. The highest BCUT2D eigenvalue weighted by Gasteiger charge is 2.28. The summed E-state index contributed by atoms with van der Waals surface area (Å²) in [5, 5.41) is 0. The summed E-state index contributed by atoms with van der Waals surface area (Å²) in [4.78, 5) is 24.4. The molecule has 1 aliphatic rings. The molecule has 0 bridgehead atoms. The molecule has 0 aromatic rings. The van der Waals surface area contributed by atoms with Gasteiger partial charge in [0.25, 0.3) is 0 Å². The van der Waals surface area contributed by atoms with E-state index in [0.717, 1.165) is 12.8 Å². The van der Waals surface area contributed by atoms with E-state index in [0.29, 0.717) is 0 Å². The summed E-state index contributed by atoms with van der Waals surface area (Å²) in [6, 6.07) is 0. The summed E-state index contributed by atoms with van der Waals surface area (Å²) in [6.07, 6.45) is 11.5. The Bertz CT molecular complexity index is 397. The fourth-order valence-corrected chi connectivity index (χ4v) is 1.56. The summed E-state index contributed by atoms with van der Waals surface area (Å²) in [6.45, 7) is 2.27. The van der Waals surface area contributed by atoms with Crippen LogP contribution in [0.1, 0.15) is 19.8 Å². The highest BCUT2D eigenvalue weighted by atomic mass is 16.6. The second-order valence-corrected chi connectivity index (χ2v) is 4.51. The molecule has 0 N–H and O–H groups in total. The van der Waals surface area contributed by atoms with Gasteiger partial charge in [-0.25, -0.2) is 0 Å². The average molecular weight is 277 g/mol. The van der Waals surface area contributed by atoms with Crippen LogP contribution in [0.2, 0.25) is 0 Å². The number of hydrogen-bond acceptors (Lipinski definition) is 5. The van der Waals surface area contributed by atoms with Crippen molar-refractivity contribution in [1.82, 2.24) is 4.90 Å². The average Bonchev–Trinajstić information content (AvgIpc) is 2.35. The Morgan fingerprint density at radius 2 is 1.70 bits per heavy atom. The first-order valence-electron chi connectivity index (χ1n) is 6.69. The van der Waals surface area contributed by atoms with E-state index in [9.17, 15) is 9.59 Å². The number of hydrogen-bond donors (Lipinski definition) is 0. The van der Waals surface area contributed by atoms with Crippen molar-refractivity contribution in [3.63, 3.8) is 0 Å². The molecule has 0 radical (unpaired) electrons. The molecule has 1 saturated heterocycles. The Morgan fingerprint density at radius 3 is 2.30 bits per heavy atom. The fraction of sp³-hybridized carbons (Fsp3) is 0.429. The quantitative estimate of drug-likeness (QED) is 0.563. The van der Waals surface area contributed by atoms with Gasteiger partial charge in [0.15, 0.2) is 0 Å². The summed E-state index contributed by atoms with van der Waals surface area (Å²) in [5.74, 6) is 0.702. The molecule has 0 aliphatic carbocycles. The zero-order valence-corrected chi connectivity index (χ0v) is 12.0. The van der Waals surface area contributed by atoms with Gasteiger partial charge in [-0.2, -0.15) is 0 Å². The molecular formula is C14H20BNO4. The molecule has 5 nitrogen and oxygen atoms in total. The molecule has 0 aromatic carbocycles. The third kappa shape index (κ3) is 6.94. The maximum atomic E-state index is 11.5. The van der Waals surface area contributed by atoms with Crippen molar-refractivity contribution < 1.29 is 18.9 Å². The summed E-state index contributed by atoms with van der Waals surface area (Å²) >= 11 is 0. The lowest BCUT2D eigenvalue weighted by Gasteiger charge is -2.20. The molecule has 0 atom stereocenters. The molecule has 20 heavy (non-hydrogen) atoms. The van der Waals surface area contributed by atoms with Gasteiger partial charge in [-0.05, 0) is 19.4 Å². The van der Waals surface area contributed by atoms with Gasteiger partial charge >= 0.3 is 19.1 Å². The molecule has 0 amide bonds. The maximum Gasteiger partial charge on any atom is 0.628 e. The Kier molecular flexibility index (Phi) is 7.43. The van der Waals surface area contributed by atoms with Gasteiger partial charge in [0, 0.05) is 0 Å². The van der Waals surface area contributed by atoms with Gasteiger partial charge in [0.05, 0.1) is 13.1 Å². The summed E-state index contributed by atoms with van der Waals surface area (Å²) < 4.78 is 10.0. The highest BCUT2D eigenvalue weighted by molar-refractivity contribution is 6.54. The zero-order valence-electron chi connectivity index (χ0n) is 12.0. The third-order valence-corrected chi connectivity index (χ3v) is 2.49. The molecule has 0 spiro atoms. The molecule has 1 aliphatic heterocycles. The van der Waals surface area contributed by atoms with E-state index >= 15 is 0 Å². The molecular weight excluding hydrogens is 257 g/mol. The van der Waals surface area contributed by atoms with E-state index in [-0.39, 0.29) is 13.1 Å². The van der Waals surface area contributed by atoms with Crippen molar-refractivity contribution in [3.05, 3.63) is 36.4 Å². The predicted octanol–water partition coefficient (Wildman–Crippen LogP) is 1.51. The van der Waals surface area contributed by atoms with Gasteiger partial charge in [0.2, 0.25) is 0 Å². The van der Waals surface area contributed by atoms with Crippen LogP contribution in [-0.2, 0) is 18.9 Å². The smallest absolute Gasteiger partial charge is 0.495 e. The second-order valence-electron chi connectivity index (χ2n) is 4.51. The Labute approximate surface area is 120 Å². The van der Waals surface area contributed by atoms with Crippen LogP contribution in [0.25, 0.3) is 0 Å². The first-order chi connectivity index (χ1) is 9.61. The van der Waals surface area contributed by atoms with Crippen LogP contribution < -0.4 is 0 Å². The minimum absolute atomic E-state index is 0.0784. The number of likely N-dealkylation sites (N-methyl/N-ethyl adjacent to an activating group) is 1. The van der Waals surface area contributed by atoms with Crippen LogP contribution in [0.15, 0.2) is 36.4 Å². The van der Waals surface area contributed by atoms with Gasteiger partial charge in [-0.15, -0.1) is 0 Å². The topological polar surface area (TPSA) is 55.8 Å².